The van der Waals surface area contributed by atoms with Crippen molar-refractivity contribution in [2.75, 3.05) is 20.2 Å². The molecule has 114 valence electrons. The smallest absolute Gasteiger partial charge is 0.308 e. The Balaban J connectivity index is 2.17. The predicted octanol–water partition coefficient (Wildman–Crippen LogP) is 2.05. The summed E-state index contributed by atoms with van der Waals surface area (Å²) in [7, 11) is 1.60. The van der Waals surface area contributed by atoms with Crippen LogP contribution in [0.5, 0.6) is 5.75 Å². The third-order valence-corrected chi connectivity index (χ3v) is 4.09. The van der Waals surface area contributed by atoms with E-state index in [1.165, 1.54) is 6.92 Å². The molecule has 1 fully saturated rings. The summed E-state index contributed by atoms with van der Waals surface area (Å²) in [5.74, 6) is -0.200. The number of Topliss-reactive ketones (excluding diaryl/α,β-unsaturated/α-hetero) is 1. The molecule has 1 aromatic carbocycles. The molecule has 0 aromatic heterocycles. The van der Waals surface area contributed by atoms with E-state index < -0.39 is 5.97 Å². The van der Waals surface area contributed by atoms with Gasteiger partial charge in [-0.25, -0.2) is 0 Å². The number of ether oxygens (including phenoxy) is 1. The minimum Gasteiger partial charge on any atom is -0.496 e. The molecule has 1 aliphatic rings. The first-order chi connectivity index (χ1) is 9.92. The van der Waals surface area contributed by atoms with Crippen LogP contribution in [-0.4, -0.2) is 42.0 Å². The molecule has 0 spiro atoms. The molecule has 0 radical (unpaired) electrons. The maximum atomic E-state index is 11.5. The average Bonchev–Trinajstić information content (AvgIpc) is 2.79. The first-order valence-corrected chi connectivity index (χ1v) is 7.05. The van der Waals surface area contributed by atoms with Crippen molar-refractivity contribution in [3.05, 3.63) is 29.3 Å². The largest absolute Gasteiger partial charge is 0.496 e. The number of hydrogen-bond donors (Lipinski definition) is 1. The minimum absolute atomic E-state index is 0.0112. The van der Waals surface area contributed by atoms with Crippen LogP contribution in [0.3, 0.4) is 0 Å². The van der Waals surface area contributed by atoms with E-state index in [2.05, 4.69) is 4.90 Å². The van der Waals surface area contributed by atoms with Gasteiger partial charge in [-0.05, 0) is 31.0 Å². The van der Waals surface area contributed by atoms with Crippen molar-refractivity contribution in [2.45, 2.75) is 20.4 Å². The van der Waals surface area contributed by atoms with Crippen LogP contribution in [-0.2, 0) is 11.3 Å². The number of carboxylic acids is 1. The van der Waals surface area contributed by atoms with E-state index in [4.69, 9.17) is 4.74 Å². The molecular formula is C16H21NO4. The van der Waals surface area contributed by atoms with Crippen LogP contribution in [0.25, 0.3) is 0 Å². The van der Waals surface area contributed by atoms with Gasteiger partial charge in [0.05, 0.1) is 13.0 Å². The molecule has 5 nitrogen and oxygen atoms in total. The average molecular weight is 291 g/mol. The Morgan fingerprint density at radius 2 is 2.10 bits per heavy atom. The van der Waals surface area contributed by atoms with Gasteiger partial charge in [-0.3, -0.25) is 14.5 Å². The van der Waals surface area contributed by atoms with E-state index in [1.807, 2.05) is 13.0 Å². The second kappa shape index (κ2) is 6.26. The maximum Gasteiger partial charge on any atom is 0.308 e. The summed E-state index contributed by atoms with van der Waals surface area (Å²) in [4.78, 5) is 24.8. The van der Waals surface area contributed by atoms with Gasteiger partial charge in [0.25, 0.3) is 0 Å². The second-order valence-corrected chi connectivity index (χ2v) is 5.70. The highest BCUT2D eigenvalue weighted by atomic mass is 16.5. The number of methoxy groups -OCH3 is 1. The van der Waals surface area contributed by atoms with Gasteiger partial charge in [0.1, 0.15) is 5.75 Å². The minimum atomic E-state index is -0.741. The van der Waals surface area contributed by atoms with Gasteiger partial charge < -0.3 is 9.84 Å². The highest BCUT2D eigenvalue weighted by Crippen LogP contribution is 2.28. The van der Waals surface area contributed by atoms with Crippen molar-refractivity contribution < 1.29 is 19.4 Å². The summed E-state index contributed by atoms with van der Waals surface area (Å²) < 4.78 is 5.34. The van der Waals surface area contributed by atoms with Crippen molar-refractivity contribution in [1.29, 1.82) is 0 Å². The zero-order valence-electron chi connectivity index (χ0n) is 12.6. The number of ketones is 1. The van der Waals surface area contributed by atoms with E-state index >= 15 is 0 Å². The molecule has 1 N–H and O–H groups in total. The van der Waals surface area contributed by atoms with Gasteiger partial charge in [0.15, 0.2) is 5.78 Å². The Hall–Kier alpha value is -1.88. The van der Waals surface area contributed by atoms with Crippen LogP contribution in [0.15, 0.2) is 18.2 Å². The van der Waals surface area contributed by atoms with E-state index in [1.54, 1.807) is 19.2 Å². The van der Waals surface area contributed by atoms with Crippen LogP contribution >= 0.6 is 0 Å². The van der Waals surface area contributed by atoms with Crippen LogP contribution in [0.1, 0.15) is 29.8 Å². The van der Waals surface area contributed by atoms with Crippen LogP contribution in [0.4, 0.5) is 0 Å². The molecule has 1 aromatic rings. The molecule has 5 heteroatoms. The fourth-order valence-corrected chi connectivity index (χ4v) is 2.88. The third-order valence-electron chi connectivity index (χ3n) is 4.09. The molecule has 1 saturated heterocycles. The van der Waals surface area contributed by atoms with Crippen LogP contribution in [0.2, 0.25) is 0 Å². The quantitative estimate of drug-likeness (QED) is 0.841. The Labute approximate surface area is 124 Å². The molecule has 1 heterocycles. The summed E-state index contributed by atoms with van der Waals surface area (Å²) >= 11 is 0. The summed E-state index contributed by atoms with van der Waals surface area (Å²) in [5.41, 5.74) is 1.57. The molecule has 0 aliphatic carbocycles. The van der Waals surface area contributed by atoms with Crippen molar-refractivity contribution in [3.63, 3.8) is 0 Å². The number of nitrogens with zero attached hydrogens (tertiary/aromatic N) is 1. The molecule has 0 saturated carbocycles. The number of aliphatic carboxylic acids is 1. The Morgan fingerprint density at radius 3 is 2.62 bits per heavy atom. The van der Waals surface area contributed by atoms with Crippen molar-refractivity contribution >= 4 is 11.8 Å². The van der Waals surface area contributed by atoms with Gasteiger partial charge in [0, 0.05) is 30.8 Å². The Kier molecular flexibility index (Phi) is 4.63. The SMILES string of the molecule is COc1ccc(C(C)=O)cc1CN1C[C@@H](C)[C@H](C(=O)O)C1. The van der Waals surface area contributed by atoms with Crippen molar-refractivity contribution in [3.8, 4) is 5.75 Å². The fourth-order valence-electron chi connectivity index (χ4n) is 2.88. The third kappa shape index (κ3) is 3.42. The first kappa shape index (κ1) is 15.5. The lowest BCUT2D eigenvalue weighted by atomic mass is 9.99. The number of carbonyl (C=O) groups is 2. The lowest BCUT2D eigenvalue weighted by Gasteiger charge is -2.18. The number of rotatable bonds is 5. The van der Waals surface area contributed by atoms with E-state index in [9.17, 15) is 14.7 Å². The monoisotopic (exact) mass is 291 g/mol. The summed E-state index contributed by atoms with van der Waals surface area (Å²) in [6, 6.07) is 5.37. The molecule has 2 rings (SSSR count). The fraction of sp³-hybridized carbons (Fsp3) is 0.500. The number of carboxylic acid groups (broad SMARTS) is 1. The van der Waals surface area contributed by atoms with Crippen LogP contribution < -0.4 is 4.74 Å². The van der Waals surface area contributed by atoms with E-state index in [0.29, 0.717) is 18.7 Å². The first-order valence-electron chi connectivity index (χ1n) is 7.05. The van der Waals surface area contributed by atoms with Gasteiger partial charge in [-0.15, -0.1) is 0 Å². The van der Waals surface area contributed by atoms with Crippen molar-refractivity contribution in [1.82, 2.24) is 4.90 Å². The highest BCUT2D eigenvalue weighted by Gasteiger charge is 2.34. The number of likely N-dealkylation sites (tertiary alicyclic amines) is 1. The topological polar surface area (TPSA) is 66.8 Å². The normalized spacial score (nSPS) is 22.2. The van der Waals surface area contributed by atoms with E-state index in [-0.39, 0.29) is 17.6 Å². The summed E-state index contributed by atoms with van der Waals surface area (Å²) in [6.07, 6.45) is 0. The predicted molar refractivity (Wildman–Crippen MR) is 78.6 cm³/mol. The van der Waals surface area contributed by atoms with Gasteiger partial charge in [-0.1, -0.05) is 6.92 Å². The zero-order valence-corrected chi connectivity index (χ0v) is 12.6. The molecule has 1 aliphatic heterocycles. The molecule has 0 amide bonds. The molecule has 0 unspecified atom stereocenters. The lowest BCUT2D eigenvalue weighted by molar-refractivity contribution is -0.142. The molecule has 2 atom stereocenters. The zero-order chi connectivity index (χ0) is 15.6. The van der Waals surface area contributed by atoms with Gasteiger partial charge >= 0.3 is 5.97 Å². The molecule has 0 bridgehead atoms. The number of carbonyl (C=O) groups excluding carboxylic acids is 1. The molecule has 21 heavy (non-hydrogen) atoms. The maximum absolute atomic E-state index is 11.5. The summed E-state index contributed by atoms with van der Waals surface area (Å²) in [6.45, 7) is 5.36. The van der Waals surface area contributed by atoms with Crippen LogP contribution in [0, 0.1) is 11.8 Å². The van der Waals surface area contributed by atoms with E-state index in [0.717, 1.165) is 17.9 Å². The Morgan fingerprint density at radius 1 is 1.38 bits per heavy atom. The summed E-state index contributed by atoms with van der Waals surface area (Å²) in [5, 5.41) is 9.19. The van der Waals surface area contributed by atoms with Gasteiger partial charge in [0.2, 0.25) is 0 Å². The second-order valence-electron chi connectivity index (χ2n) is 5.70. The Bertz CT molecular complexity index is 555. The highest BCUT2D eigenvalue weighted by molar-refractivity contribution is 5.94. The van der Waals surface area contributed by atoms with Gasteiger partial charge in [-0.2, -0.15) is 0 Å². The number of hydrogen-bond acceptors (Lipinski definition) is 4. The lowest BCUT2D eigenvalue weighted by Crippen LogP contribution is -2.23. The number of benzene rings is 1. The van der Waals surface area contributed by atoms with Crippen molar-refractivity contribution in [2.24, 2.45) is 11.8 Å². The molecular weight excluding hydrogens is 270 g/mol. The standard InChI is InChI=1S/C16H21NO4/c1-10-7-17(9-14(10)16(19)20)8-13-6-12(11(2)18)4-5-15(13)21-3/h4-6,10,14H,7-9H2,1-3H3,(H,19,20)/t10-,14-/m1/s1.